The van der Waals surface area contributed by atoms with Crippen LogP contribution in [0, 0.1) is 5.92 Å². The second-order valence-electron chi connectivity index (χ2n) is 6.20. The molecule has 4 nitrogen and oxygen atoms in total. The highest BCUT2D eigenvalue weighted by molar-refractivity contribution is 5.96. The molecule has 1 aromatic heterocycles. The van der Waals surface area contributed by atoms with Crippen LogP contribution in [0.5, 0.6) is 0 Å². The first-order valence-electron chi connectivity index (χ1n) is 7.88. The fourth-order valence-electron chi connectivity index (χ4n) is 3.06. The zero-order chi connectivity index (χ0) is 14.7. The van der Waals surface area contributed by atoms with E-state index in [1.807, 2.05) is 16.6 Å². The number of amides is 1. The van der Waals surface area contributed by atoms with Gasteiger partial charge in [0, 0.05) is 20.1 Å². The summed E-state index contributed by atoms with van der Waals surface area (Å²) in [7, 11) is 1.95. The topological polar surface area (TPSA) is 38.1 Å². The van der Waals surface area contributed by atoms with Crippen LogP contribution in [-0.2, 0) is 19.9 Å². The largest absolute Gasteiger partial charge is 0.339 e. The van der Waals surface area contributed by atoms with Crippen molar-refractivity contribution in [2.75, 3.05) is 13.1 Å². The maximum Gasteiger partial charge on any atom is 0.257 e. The molecule has 20 heavy (non-hydrogen) atoms. The van der Waals surface area contributed by atoms with E-state index in [1.54, 1.807) is 0 Å². The lowest BCUT2D eigenvalue weighted by Crippen LogP contribution is -2.36. The molecular formula is C16H27N3O. The van der Waals surface area contributed by atoms with Crippen LogP contribution in [-0.4, -0.2) is 33.7 Å². The molecular weight excluding hydrogens is 250 g/mol. The molecule has 1 aliphatic heterocycles. The maximum absolute atomic E-state index is 12.9. The Bertz CT molecular complexity index is 470. The summed E-state index contributed by atoms with van der Waals surface area (Å²) in [4.78, 5) is 14.9. The SMILES string of the molecule is CCc1c(C(=O)N2CCCCC2)c(CC(C)C)nn1C. The van der Waals surface area contributed by atoms with E-state index >= 15 is 0 Å². The molecule has 1 aromatic rings. The van der Waals surface area contributed by atoms with Crippen LogP contribution in [0.25, 0.3) is 0 Å². The Kier molecular flexibility index (Phi) is 4.84. The lowest BCUT2D eigenvalue weighted by atomic mass is 10.0. The van der Waals surface area contributed by atoms with E-state index in [9.17, 15) is 4.79 Å². The minimum absolute atomic E-state index is 0.199. The smallest absolute Gasteiger partial charge is 0.257 e. The molecule has 1 aliphatic rings. The van der Waals surface area contributed by atoms with Gasteiger partial charge in [-0.05, 0) is 38.0 Å². The average Bonchev–Trinajstić information content (AvgIpc) is 2.73. The van der Waals surface area contributed by atoms with E-state index in [0.717, 1.165) is 55.7 Å². The van der Waals surface area contributed by atoms with Crippen molar-refractivity contribution in [3.63, 3.8) is 0 Å². The normalized spacial score (nSPS) is 15.9. The first kappa shape index (κ1) is 15.1. The van der Waals surface area contributed by atoms with Gasteiger partial charge in [0.05, 0.1) is 17.0 Å². The molecule has 1 amide bonds. The van der Waals surface area contributed by atoms with Crippen LogP contribution >= 0.6 is 0 Å². The van der Waals surface area contributed by atoms with Crippen LogP contribution in [0.15, 0.2) is 0 Å². The summed E-state index contributed by atoms with van der Waals surface area (Å²) in [6.45, 7) is 8.25. The second-order valence-corrected chi connectivity index (χ2v) is 6.20. The number of aryl methyl sites for hydroxylation is 1. The second kappa shape index (κ2) is 6.42. The summed E-state index contributed by atoms with van der Waals surface area (Å²) >= 11 is 0. The third-order valence-electron chi connectivity index (χ3n) is 4.03. The summed E-state index contributed by atoms with van der Waals surface area (Å²) in [6.07, 6.45) is 5.25. The number of likely N-dealkylation sites (tertiary alicyclic amines) is 1. The van der Waals surface area contributed by atoms with E-state index in [0.29, 0.717) is 5.92 Å². The Morgan fingerprint density at radius 3 is 2.45 bits per heavy atom. The number of piperidine rings is 1. The van der Waals surface area contributed by atoms with Gasteiger partial charge in [-0.3, -0.25) is 9.48 Å². The van der Waals surface area contributed by atoms with Gasteiger partial charge in [-0.15, -0.1) is 0 Å². The van der Waals surface area contributed by atoms with Gasteiger partial charge in [0.15, 0.2) is 0 Å². The first-order valence-corrected chi connectivity index (χ1v) is 7.88. The Morgan fingerprint density at radius 2 is 1.90 bits per heavy atom. The van der Waals surface area contributed by atoms with E-state index in [-0.39, 0.29) is 5.91 Å². The molecule has 0 bridgehead atoms. The zero-order valence-electron chi connectivity index (χ0n) is 13.3. The summed E-state index contributed by atoms with van der Waals surface area (Å²) < 4.78 is 1.90. The molecule has 0 unspecified atom stereocenters. The van der Waals surface area contributed by atoms with E-state index in [2.05, 4.69) is 25.9 Å². The van der Waals surface area contributed by atoms with Gasteiger partial charge in [-0.1, -0.05) is 20.8 Å². The standard InChI is InChI=1S/C16H27N3O/c1-5-14-15(13(11-12(2)3)17-18(14)4)16(20)19-9-7-6-8-10-19/h12H,5-11H2,1-4H3. The molecule has 112 valence electrons. The third kappa shape index (κ3) is 3.05. The summed E-state index contributed by atoms with van der Waals surface area (Å²) in [5.41, 5.74) is 2.94. The molecule has 2 heterocycles. The van der Waals surface area contributed by atoms with Crippen molar-refractivity contribution in [2.24, 2.45) is 13.0 Å². The monoisotopic (exact) mass is 277 g/mol. The highest BCUT2D eigenvalue weighted by Gasteiger charge is 2.26. The molecule has 0 N–H and O–H groups in total. The Morgan fingerprint density at radius 1 is 1.25 bits per heavy atom. The van der Waals surface area contributed by atoms with E-state index in [4.69, 9.17) is 0 Å². The lowest BCUT2D eigenvalue weighted by Gasteiger charge is -2.27. The molecule has 1 fully saturated rings. The highest BCUT2D eigenvalue weighted by Crippen LogP contribution is 2.22. The molecule has 0 radical (unpaired) electrons. The number of aromatic nitrogens is 2. The summed E-state index contributed by atoms with van der Waals surface area (Å²) in [5.74, 6) is 0.716. The van der Waals surface area contributed by atoms with Gasteiger partial charge >= 0.3 is 0 Å². The fourth-order valence-corrected chi connectivity index (χ4v) is 3.06. The first-order chi connectivity index (χ1) is 9.54. The van der Waals surface area contributed by atoms with Gasteiger partial charge < -0.3 is 4.90 Å². The van der Waals surface area contributed by atoms with Crippen molar-refractivity contribution < 1.29 is 4.79 Å². The molecule has 1 saturated heterocycles. The van der Waals surface area contributed by atoms with Crippen molar-refractivity contribution >= 4 is 5.91 Å². The van der Waals surface area contributed by atoms with Crippen LogP contribution < -0.4 is 0 Å². The highest BCUT2D eigenvalue weighted by atomic mass is 16.2. The number of hydrogen-bond acceptors (Lipinski definition) is 2. The number of carbonyl (C=O) groups excluding carboxylic acids is 1. The molecule has 4 heteroatoms. The number of hydrogen-bond donors (Lipinski definition) is 0. The molecule has 0 aromatic carbocycles. The Hall–Kier alpha value is -1.32. The van der Waals surface area contributed by atoms with Gasteiger partial charge in [0.25, 0.3) is 5.91 Å². The lowest BCUT2D eigenvalue weighted by molar-refractivity contribution is 0.0722. The predicted octanol–water partition coefficient (Wildman–Crippen LogP) is 2.81. The zero-order valence-corrected chi connectivity index (χ0v) is 13.3. The van der Waals surface area contributed by atoms with Crippen LogP contribution in [0.1, 0.15) is 61.8 Å². The van der Waals surface area contributed by atoms with Crippen molar-refractivity contribution in [2.45, 2.75) is 52.9 Å². The quantitative estimate of drug-likeness (QED) is 0.849. The fraction of sp³-hybridized carbons (Fsp3) is 0.750. The van der Waals surface area contributed by atoms with Crippen molar-refractivity contribution in [3.05, 3.63) is 17.0 Å². The number of nitrogens with zero attached hydrogens (tertiary/aromatic N) is 3. The van der Waals surface area contributed by atoms with Crippen LogP contribution in [0.3, 0.4) is 0 Å². The van der Waals surface area contributed by atoms with E-state index in [1.165, 1.54) is 6.42 Å². The third-order valence-corrected chi connectivity index (χ3v) is 4.03. The maximum atomic E-state index is 12.9. The Balaban J connectivity index is 2.33. The predicted molar refractivity (Wildman–Crippen MR) is 80.9 cm³/mol. The van der Waals surface area contributed by atoms with Crippen LogP contribution in [0.4, 0.5) is 0 Å². The molecule has 0 aliphatic carbocycles. The Labute approximate surface area is 122 Å². The van der Waals surface area contributed by atoms with E-state index < -0.39 is 0 Å². The van der Waals surface area contributed by atoms with Gasteiger partial charge in [-0.25, -0.2) is 0 Å². The number of rotatable bonds is 4. The van der Waals surface area contributed by atoms with Gasteiger partial charge in [0.1, 0.15) is 0 Å². The minimum Gasteiger partial charge on any atom is -0.339 e. The molecule has 2 rings (SSSR count). The number of carbonyl (C=O) groups is 1. The van der Waals surface area contributed by atoms with Crippen molar-refractivity contribution in [1.29, 1.82) is 0 Å². The van der Waals surface area contributed by atoms with Crippen LogP contribution in [0.2, 0.25) is 0 Å². The molecule has 0 saturated carbocycles. The van der Waals surface area contributed by atoms with Crippen molar-refractivity contribution in [3.8, 4) is 0 Å². The molecule has 0 spiro atoms. The van der Waals surface area contributed by atoms with Gasteiger partial charge in [0.2, 0.25) is 0 Å². The molecule has 0 atom stereocenters. The van der Waals surface area contributed by atoms with Gasteiger partial charge in [-0.2, -0.15) is 5.10 Å². The summed E-state index contributed by atoms with van der Waals surface area (Å²) in [6, 6.07) is 0. The average molecular weight is 277 g/mol. The van der Waals surface area contributed by atoms with Crippen molar-refractivity contribution in [1.82, 2.24) is 14.7 Å². The summed E-state index contributed by atoms with van der Waals surface area (Å²) in [5, 5.41) is 4.61. The minimum atomic E-state index is 0.199.